The van der Waals surface area contributed by atoms with Gasteiger partial charge in [0.1, 0.15) is 0 Å². The SMILES string of the molecule is COc1cc(C(=O)c2cc(Br)c[nH]2)cc(OC)c1OC. The van der Waals surface area contributed by atoms with E-state index in [9.17, 15) is 4.79 Å². The molecule has 2 rings (SSSR count). The number of hydrogen-bond acceptors (Lipinski definition) is 4. The van der Waals surface area contributed by atoms with E-state index in [1.54, 1.807) is 24.4 Å². The van der Waals surface area contributed by atoms with Gasteiger partial charge in [-0.15, -0.1) is 0 Å². The van der Waals surface area contributed by atoms with Gasteiger partial charge in [0.2, 0.25) is 11.5 Å². The zero-order valence-corrected chi connectivity index (χ0v) is 12.9. The molecule has 0 aliphatic carbocycles. The number of rotatable bonds is 5. The fourth-order valence-electron chi connectivity index (χ4n) is 1.87. The quantitative estimate of drug-likeness (QED) is 0.850. The molecule has 0 bridgehead atoms. The third kappa shape index (κ3) is 2.65. The number of ether oxygens (including phenoxy) is 3. The molecule has 1 aromatic carbocycles. The monoisotopic (exact) mass is 339 g/mol. The van der Waals surface area contributed by atoms with Crippen molar-refractivity contribution >= 4 is 21.7 Å². The molecule has 0 aliphatic heterocycles. The van der Waals surface area contributed by atoms with Crippen LogP contribution >= 0.6 is 15.9 Å². The second-order valence-electron chi connectivity index (χ2n) is 3.97. The van der Waals surface area contributed by atoms with E-state index in [0.717, 1.165) is 4.47 Å². The minimum absolute atomic E-state index is 0.157. The third-order valence-corrected chi connectivity index (χ3v) is 3.28. The summed E-state index contributed by atoms with van der Waals surface area (Å²) in [7, 11) is 4.54. The Morgan fingerprint density at radius 3 is 2.05 bits per heavy atom. The molecule has 0 unspecified atom stereocenters. The van der Waals surface area contributed by atoms with Crippen molar-refractivity contribution in [2.75, 3.05) is 21.3 Å². The van der Waals surface area contributed by atoms with Gasteiger partial charge in [0.05, 0.1) is 27.0 Å². The Bertz CT molecular complexity index is 611. The Kier molecular flexibility index (Phi) is 4.34. The van der Waals surface area contributed by atoms with E-state index in [1.807, 2.05) is 0 Å². The molecule has 1 aromatic heterocycles. The van der Waals surface area contributed by atoms with Gasteiger partial charge < -0.3 is 19.2 Å². The molecule has 2 aromatic rings. The van der Waals surface area contributed by atoms with Crippen molar-refractivity contribution in [3.05, 3.63) is 40.1 Å². The lowest BCUT2D eigenvalue weighted by Crippen LogP contribution is -2.04. The first-order valence-electron chi connectivity index (χ1n) is 5.79. The van der Waals surface area contributed by atoms with Gasteiger partial charge in [0, 0.05) is 16.2 Å². The number of carbonyl (C=O) groups is 1. The number of aromatic nitrogens is 1. The first-order chi connectivity index (χ1) is 9.60. The van der Waals surface area contributed by atoms with Gasteiger partial charge in [-0.05, 0) is 34.1 Å². The van der Waals surface area contributed by atoms with Crippen molar-refractivity contribution in [3.63, 3.8) is 0 Å². The predicted octanol–water partition coefficient (Wildman–Crippen LogP) is 3.03. The second-order valence-corrected chi connectivity index (χ2v) is 4.89. The molecular weight excluding hydrogens is 326 g/mol. The molecule has 0 radical (unpaired) electrons. The molecule has 0 saturated heterocycles. The number of hydrogen-bond donors (Lipinski definition) is 1. The summed E-state index contributed by atoms with van der Waals surface area (Å²) >= 11 is 3.30. The average Bonchev–Trinajstić information content (AvgIpc) is 2.91. The molecule has 0 atom stereocenters. The highest BCUT2D eigenvalue weighted by Crippen LogP contribution is 2.38. The second kappa shape index (κ2) is 6.00. The van der Waals surface area contributed by atoms with Gasteiger partial charge in [-0.3, -0.25) is 4.79 Å². The molecule has 0 fully saturated rings. The lowest BCUT2D eigenvalue weighted by atomic mass is 10.1. The van der Waals surface area contributed by atoms with E-state index in [4.69, 9.17) is 14.2 Å². The summed E-state index contributed by atoms with van der Waals surface area (Å²) in [5.74, 6) is 1.19. The number of methoxy groups -OCH3 is 3. The first-order valence-corrected chi connectivity index (χ1v) is 6.58. The minimum atomic E-state index is -0.157. The fourth-order valence-corrected chi connectivity index (χ4v) is 2.21. The van der Waals surface area contributed by atoms with Crippen molar-refractivity contribution in [3.8, 4) is 17.2 Å². The van der Waals surface area contributed by atoms with Gasteiger partial charge in [-0.1, -0.05) is 0 Å². The molecule has 0 saturated carbocycles. The van der Waals surface area contributed by atoms with Gasteiger partial charge in [0.15, 0.2) is 11.5 Å². The topological polar surface area (TPSA) is 60.6 Å². The molecule has 20 heavy (non-hydrogen) atoms. The van der Waals surface area contributed by atoms with Crippen LogP contribution in [-0.2, 0) is 0 Å². The van der Waals surface area contributed by atoms with E-state index in [2.05, 4.69) is 20.9 Å². The van der Waals surface area contributed by atoms with E-state index < -0.39 is 0 Å². The summed E-state index contributed by atoms with van der Waals surface area (Å²) in [5.41, 5.74) is 0.931. The highest BCUT2D eigenvalue weighted by molar-refractivity contribution is 9.10. The summed E-state index contributed by atoms with van der Waals surface area (Å²) < 4.78 is 16.5. The summed E-state index contributed by atoms with van der Waals surface area (Å²) in [6.07, 6.45) is 1.70. The van der Waals surface area contributed by atoms with E-state index in [1.165, 1.54) is 21.3 Å². The molecule has 6 heteroatoms. The lowest BCUT2D eigenvalue weighted by molar-refractivity contribution is 0.103. The number of benzene rings is 1. The number of nitrogens with one attached hydrogen (secondary N) is 1. The van der Waals surface area contributed by atoms with Crippen LogP contribution in [0.2, 0.25) is 0 Å². The number of halogens is 1. The highest BCUT2D eigenvalue weighted by Gasteiger charge is 2.18. The highest BCUT2D eigenvalue weighted by atomic mass is 79.9. The molecule has 0 amide bonds. The van der Waals surface area contributed by atoms with Crippen LogP contribution in [0.4, 0.5) is 0 Å². The third-order valence-electron chi connectivity index (χ3n) is 2.82. The normalized spacial score (nSPS) is 10.2. The molecule has 5 nitrogen and oxygen atoms in total. The first kappa shape index (κ1) is 14.5. The van der Waals surface area contributed by atoms with Crippen molar-refractivity contribution in [1.29, 1.82) is 0 Å². The predicted molar refractivity (Wildman–Crippen MR) is 78.0 cm³/mol. The van der Waals surface area contributed by atoms with E-state index >= 15 is 0 Å². The van der Waals surface area contributed by atoms with Crippen molar-refractivity contribution in [1.82, 2.24) is 4.98 Å². The number of ketones is 1. The van der Waals surface area contributed by atoms with E-state index in [-0.39, 0.29) is 5.78 Å². The van der Waals surface area contributed by atoms with Crippen LogP contribution in [0.5, 0.6) is 17.2 Å². The molecule has 106 valence electrons. The van der Waals surface area contributed by atoms with Gasteiger partial charge >= 0.3 is 0 Å². The Labute approximate surface area is 125 Å². The van der Waals surface area contributed by atoms with Crippen LogP contribution in [0.3, 0.4) is 0 Å². The maximum absolute atomic E-state index is 12.4. The molecule has 1 heterocycles. The van der Waals surface area contributed by atoms with Crippen molar-refractivity contribution < 1.29 is 19.0 Å². The largest absolute Gasteiger partial charge is 0.493 e. The van der Waals surface area contributed by atoms with Crippen molar-refractivity contribution in [2.24, 2.45) is 0 Å². The van der Waals surface area contributed by atoms with Crippen LogP contribution in [0, 0.1) is 0 Å². The fraction of sp³-hybridized carbons (Fsp3) is 0.214. The summed E-state index contributed by atoms with van der Waals surface area (Å²) in [5, 5.41) is 0. The molecular formula is C14H14BrNO4. The van der Waals surface area contributed by atoms with Gasteiger partial charge in [-0.2, -0.15) is 0 Å². The molecule has 1 N–H and O–H groups in total. The maximum Gasteiger partial charge on any atom is 0.209 e. The number of carbonyl (C=O) groups excluding carboxylic acids is 1. The van der Waals surface area contributed by atoms with Crippen LogP contribution in [-0.4, -0.2) is 32.1 Å². The Morgan fingerprint density at radius 1 is 1.05 bits per heavy atom. The van der Waals surface area contributed by atoms with Gasteiger partial charge in [-0.25, -0.2) is 0 Å². The van der Waals surface area contributed by atoms with Gasteiger partial charge in [0.25, 0.3) is 0 Å². The van der Waals surface area contributed by atoms with Crippen LogP contribution < -0.4 is 14.2 Å². The molecule has 0 spiro atoms. The average molecular weight is 340 g/mol. The standard InChI is InChI=1S/C14H14BrNO4/c1-18-11-4-8(5-12(19-2)14(11)20-3)13(17)10-6-9(15)7-16-10/h4-7,16H,1-3H3. The Hall–Kier alpha value is -1.95. The van der Waals surface area contributed by atoms with E-state index in [0.29, 0.717) is 28.5 Å². The smallest absolute Gasteiger partial charge is 0.209 e. The van der Waals surface area contributed by atoms with Crippen LogP contribution in [0.15, 0.2) is 28.9 Å². The van der Waals surface area contributed by atoms with Crippen LogP contribution in [0.25, 0.3) is 0 Å². The van der Waals surface area contributed by atoms with Crippen LogP contribution in [0.1, 0.15) is 16.1 Å². The summed E-state index contributed by atoms with van der Waals surface area (Å²) in [6.45, 7) is 0. The molecule has 0 aliphatic rings. The maximum atomic E-state index is 12.4. The van der Waals surface area contributed by atoms with Crippen molar-refractivity contribution in [2.45, 2.75) is 0 Å². The summed E-state index contributed by atoms with van der Waals surface area (Å²) in [6, 6.07) is 4.96. The number of aromatic amines is 1. The lowest BCUT2D eigenvalue weighted by Gasteiger charge is -2.13. The zero-order valence-electron chi connectivity index (χ0n) is 11.3. The minimum Gasteiger partial charge on any atom is -0.493 e. The number of H-pyrrole nitrogens is 1. The summed E-state index contributed by atoms with van der Waals surface area (Å²) in [4.78, 5) is 15.3. The zero-order chi connectivity index (χ0) is 14.7. The Morgan fingerprint density at radius 2 is 1.65 bits per heavy atom. The Balaban J connectivity index is 2.49.